The van der Waals surface area contributed by atoms with Crippen LogP contribution in [0.2, 0.25) is 0 Å². The first-order valence-corrected chi connectivity index (χ1v) is 8.02. The highest BCUT2D eigenvalue weighted by Gasteiger charge is 2.33. The number of nitrogens with one attached hydrogen (secondary N) is 2. The van der Waals surface area contributed by atoms with Crippen molar-refractivity contribution >= 4 is 34.4 Å². The molecule has 1 aliphatic heterocycles. The molecule has 0 spiro atoms. The molecule has 0 bridgehead atoms. The Labute approximate surface area is 132 Å². The number of hydrogen-bond acceptors (Lipinski definition) is 5. The van der Waals surface area contributed by atoms with Gasteiger partial charge < -0.3 is 15.4 Å². The molecule has 1 heterocycles. The third kappa shape index (κ3) is 3.59. The second-order valence-corrected chi connectivity index (χ2v) is 6.41. The molecule has 0 unspecified atom stereocenters. The molecule has 22 heavy (non-hydrogen) atoms. The summed E-state index contributed by atoms with van der Waals surface area (Å²) in [6.45, 7) is 0. The Morgan fingerprint density at radius 3 is 2.95 bits per heavy atom. The molecule has 1 saturated heterocycles. The molecular formula is C15H17N3O3S. The number of rotatable bonds is 5. The van der Waals surface area contributed by atoms with Crippen molar-refractivity contribution < 1.29 is 14.3 Å². The second-order valence-electron chi connectivity index (χ2n) is 5.21. The average Bonchev–Trinajstić information content (AvgIpc) is 3.24. The van der Waals surface area contributed by atoms with Crippen LogP contribution in [0, 0.1) is 0 Å². The lowest BCUT2D eigenvalue weighted by Crippen LogP contribution is -2.28. The quantitative estimate of drug-likeness (QED) is 0.867. The maximum atomic E-state index is 12.1. The number of ether oxygens (including phenoxy) is 1. The van der Waals surface area contributed by atoms with E-state index in [9.17, 15) is 9.59 Å². The Hall–Kier alpha value is -2.02. The van der Waals surface area contributed by atoms with Crippen LogP contribution in [0.4, 0.5) is 5.69 Å². The van der Waals surface area contributed by atoms with E-state index in [0.717, 1.165) is 12.8 Å². The molecule has 1 atom stereocenters. The lowest BCUT2D eigenvalue weighted by molar-refractivity contribution is -0.122. The Morgan fingerprint density at radius 1 is 1.45 bits per heavy atom. The summed E-state index contributed by atoms with van der Waals surface area (Å²) >= 11 is 1.33. The first-order valence-electron chi connectivity index (χ1n) is 7.14. The number of para-hydroxylation sites is 2. The summed E-state index contributed by atoms with van der Waals surface area (Å²) in [6, 6.07) is 7.53. The van der Waals surface area contributed by atoms with Crippen LogP contribution in [-0.2, 0) is 9.59 Å². The third-order valence-electron chi connectivity index (χ3n) is 3.38. The van der Waals surface area contributed by atoms with Crippen molar-refractivity contribution in [2.24, 2.45) is 4.99 Å². The summed E-state index contributed by atoms with van der Waals surface area (Å²) in [5.74, 6) is 0.222. The SMILES string of the molecule is COc1ccccc1NC(=O)C[C@@H]1SC(=NC2CC2)NC1=O. The van der Waals surface area contributed by atoms with Gasteiger partial charge in [-0.1, -0.05) is 23.9 Å². The Morgan fingerprint density at radius 2 is 2.23 bits per heavy atom. The van der Waals surface area contributed by atoms with E-state index in [0.29, 0.717) is 22.6 Å². The zero-order valence-electron chi connectivity index (χ0n) is 12.2. The van der Waals surface area contributed by atoms with Gasteiger partial charge in [0.05, 0.1) is 18.8 Å². The van der Waals surface area contributed by atoms with E-state index in [-0.39, 0.29) is 18.2 Å². The molecule has 3 rings (SSSR count). The first kappa shape index (κ1) is 14.9. The van der Waals surface area contributed by atoms with Gasteiger partial charge in [0, 0.05) is 6.42 Å². The van der Waals surface area contributed by atoms with Crippen LogP contribution >= 0.6 is 11.8 Å². The normalized spacial score (nSPS) is 22.5. The fourth-order valence-electron chi connectivity index (χ4n) is 2.09. The standard InChI is InChI=1S/C15H17N3O3S/c1-21-11-5-3-2-4-10(11)17-13(19)8-12-14(20)18-15(22-12)16-9-6-7-9/h2-5,9,12H,6-8H2,1H3,(H,17,19)(H,16,18,20)/t12-/m0/s1. The fourth-order valence-corrected chi connectivity index (χ4v) is 3.13. The predicted octanol–water partition coefficient (Wildman–Crippen LogP) is 1.77. The minimum absolute atomic E-state index is 0.109. The van der Waals surface area contributed by atoms with Crippen LogP contribution in [-0.4, -0.2) is 35.4 Å². The van der Waals surface area contributed by atoms with Crippen molar-refractivity contribution in [1.29, 1.82) is 0 Å². The lowest BCUT2D eigenvalue weighted by Gasteiger charge is -2.10. The molecule has 2 amide bonds. The molecule has 1 aromatic carbocycles. The van der Waals surface area contributed by atoms with Crippen molar-refractivity contribution in [3.63, 3.8) is 0 Å². The Bertz CT molecular complexity index is 628. The number of nitrogens with zero attached hydrogens (tertiary/aromatic N) is 1. The van der Waals surface area contributed by atoms with Crippen LogP contribution in [0.25, 0.3) is 0 Å². The maximum Gasteiger partial charge on any atom is 0.240 e. The molecule has 0 radical (unpaired) electrons. The maximum absolute atomic E-state index is 12.1. The van der Waals surface area contributed by atoms with E-state index in [1.807, 2.05) is 12.1 Å². The zero-order chi connectivity index (χ0) is 15.5. The summed E-state index contributed by atoms with van der Waals surface area (Å²) in [4.78, 5) is 28.4. The number of methoxy groups -OCH3 is 1. The number of hydrogen-bond donors (Lipinski definition) is 2. The van der Waals surface area contributed by atoms with E-state index in [1.54, 1.807) is 19.2 Å². The molecule has 1 saturated carbocycles. The van der Waals surface area contributed by atoms with Gasteiger partial charge in [-0.25, -0.2) is 0 Å². The molecule has 1 aliphatic carbocycles. The number of thioether (sulfide) groups is 1. The molecule has 2 aliphatic rings. The van der Waals surface area contributed by atoms with Gasteiger partial charge in [0.2, 0.25) is 11.8 Å². The molecule has 2 fully saturated rings. The monoisotopic (exact) mass is 319 g/mol. The topological polar surface area (TPSA) is 79.8 Å². The largest absolute Gasteiger partial charge is 0.495 e. The summed E-state index contributed by atoms with van der Waals surface area (Å²) in [5.41, 5.74) is 0.602. The predicted molar refractivity (Wildman–Crippen MR) is 86.2 cm³/mol. The molecule has 1 aromatic rings. The summed E-state index contributed by atoms with van der Waals surface area (Å²) in [6.07, 6.45) is 2.27. The number of anilines is 1. The fraction of sp³-hybridized carbons (Fsp3) is 0.400. The van der Waals surface area contributed by atoms with E-state index in [2.05, 4.69) is 15.6 Å². The highest BCUT2D eigenvalue weighted by Crippen LogP contribution is 2.29. The zero-order valence-corrected chi connectivity index (χ0v) is 13.0. The number of carbonyl (C=O) groups excluding carboxylic acids is 2. The molecule has 6 nitrogen and oxygen atoms in total. The van der Waals surface area contributed by atoms with Gasteiger partial charge >= 0.3 is 0 Å². The van der Waals surface area contributed by atoms with Gasteiger partial charge in [-0.05, 0) is 25.0 Å². The lowest BCUT2D eigenvalue weighted by atomic mass is 10.2. The Kier molecular flexibility index (Phi) is 4.33. The van der Waals surface area contributed by atoms with E-state index in [4.69, 9.17) is 4.74 Å². The number of amidine groups is 1. The number of aliphatic imine (C=N–C) groups is 1. The summed E-state index contributed by atoms with van der Waals surface area (Å²) < 4.78 is 5.19. The van der Waals surface area contributed by atoms with Crippen LogP contribution in [0.3, 0.4) is 0 Å². The molecule has 116 valence electrons. The van der Waals surface area contributed by atoms with E-state index >= 15 is 0 Å². The molecular weight excluding hydrogens is 302 g/mol. The smallest absolute Gasteiger partial charge is 0.240 e. The van der Waals surface area contributed by atoms with Crippen LogP contribution < -0.4 is 15.4 Å². The minimum Gasteiger partial charge on any atom is -0.495 e. The van der Waals surface area contributed by atoms with E-state index in [1.165, 1.54) is 11.8 Å². The van der Waals surface area contributed by atoms with Crippen molar-refractivity contribution in [2.75, 3.05) is 12.4 Å². The van der Waals surface area contributed by atoms with Gasteiger partial charge in [0.15, 0.2) is 5.17 Å². The molecule has 2 N–H and O–H groups in total. The summed E-state index contributed by atoms with van der Waals surface area (Å²) in [7, 11) is 1.55. The van der Waals surface area contributed by atoms with Crippen LogP contribution in [0.1, 0.15) is 19.3 Å². The minimum atomic E-state index is -0.424. The van der Waals surface area contributed by atoms with Crippen molar-refractivity contribution in [1.82, 2.24) is 5.32 Å². The third-order valence-corrected chi connectivity index (χ3v) is 4.47. The van der Waals surface area contributed by atoms with Crippen molar-refractivity contribution in [3.8, 4) is 5.75 Å². The second kappa shape index (κ2) is 6.39. The van der Waals surface area contributed by atoms with Crippen LogP contribution in [0.5, 0.6) is 5.75 Å². The average molecular weight is 319 g/mol. The van der Waals surface area contributed by atoms with Crippen molar-refractivity contribution in [3.05, 3.63) is 24.3 Å². The van der Waals surface area contributed by atoms with Crippen molar-refractivity contribution in [2.45, 2.75) is 30.6 Å². The molecule has 7 heteroatoms. The Balaban J connectivity index is 1.58. The number of benzene rings is 1. The molecule has 0 aromatic heterocycles. The van der Waals surface area contributed by atoms with Gasteiger partial charge in [0.1, 0.15) is 11.0 Å². The number of carbonyl (C=O) groups is 2. The highest BCUT2D eigenvalue weighted by molar-refractivity contribution is 8.15. The van der Waals surface area contributed by atoms with Gasteiger partial charge in [-0.15, -0.1) is 0 Å². The van der Waals surface area contributed by atoms with Gasteiger partial charge in [0.25, 0.3) is 0 Å². The van der Waals surface area contributed by atoms with Gasteiger partial charge in [-0.2, -0.15) is 0 Å². The van der Waals surface area contributed by atoms with Gasteiger partial charge in [-0.3, -0.25) is 14.6 Å². The summed E-state index contributed by atoms with van der Waals surface area (Å²) in [5, 5.41) is 5.73. The number of amides is 2. The van der Waals surface area contributed by atoms with E-state index < -0.39 is 5.25 Å². The highest BCUT2D eigenvalue weighted by atomic mass is 32.2. The first-order chi connectivity index (χ1) is 10.7. The van der Waals surface area contributed by atoms with Crippen LogP contribution in [0.15, 0.2) is 29.3 Å².